The Hall–Kier alpha value is -2.41. The van der Waals surface area contributed by atoms with Crippen LogP contribution in [0.2, 0.25) is 0 Å². The number of carbonyl (C=O) groups is 2. The molecule has 5 N–H and O–H groups in total. The van der Waals surface area contributed by atoms with Crippen LogP contribution in [0, 0.1) is 0 Å². The third kappa shape index (κ3) is 1.33. The molecule has 0 saturated carbocycles. The number of amides is 2. The van der Waals surface area contributed by atoms with E-state index in [1.807, 2.05) is 0 Å². The van der Waals surface area contributed by atoms with Gasteiger partial charge in [-0.05, 0) is 6.07 Å². The summed E-state index contributed by atoms with van der Waals surface area (Å²) in [4.78, 5) is 24.1. The molecule has 2 atom stereocenters. The molecule has 0 aliphatic carbocycles. The van der Waals surface area contributed by atoms with Gasteiger partial charge in [0.15, 0.2) is 0 Å². The third-order valence-corrected chi connectivity index (χ3v) is 3.59. The van der Waals surface area contributed by atoms with Crippen LogP contribution in [0.25, 0.3) is 0 Å². The Morgan fingerprint density at radius 3 is 2.63 bits per heavy atom. The summed E-state index contributed by atoms with van der Waals surface area (Å²) in [5.74, 6) is -1.02. The van der Waals surface area contributed by atoms with Crippen molar-refractivity contribution in [1.29, 1.82) is 0 Å². The van der Waals surface area contributed by atoms with E-state index in [4.69, 9.17) is 5.73 Å². The highest BCUT2D eigenvalue weighted by molar-refractivity contribution is 6.11. The lowest BCUT2D eigenvalue weighted by Gasteiger charge is -2.25. The van der Waals surface area contributed by atoms with E-state index >= 15 is 0 Å². The number of nitrogens with two attached hydrogens (primary N) is 1. The minimum absolute atomic E-state index is 0.112. The zero-order valence-electron chi connectivity index (χ0n) is 10.2. The van der Waals surface area contributed by atoms with E-state index < -0.39 is 23.5 Å². The lowest BCUT2D eigenvalue weighted by Crippen LogP contribution is -2.53. The van der Waals surface area contributed by atoms with E-state index in [0.717, 1.165) is 0 Å². The Morgan fingerprint density at radius 2 is 2.00 bits per heavy atom. The van der Waals surface area contributed by atoms with Crippen molar-refractivity contribution in [3.63, 3.8) is 0 Å². The first kappa shape index (κ1) is 11.7. The number of guanidine groups is 1. The molecule has 0 fully saturated rings. The predicted molar refractivity (Wildman–Crippen MR) is 66.3 cm³/mol. The van der Waals surface area contributed by atoms with Gasteiger partial charge in [-0.25, -0.2) is 5.32 Å². The molecule has 7 nitrogen and oxygen atoms in total. The fourth-order valence-corrected chi connectivity index (χ4v) is 2.60. The van der Waals surface area contributed by atoms with Gasteiger partial charge in [-0.3, -0.25) is 19.9 Å². The first-order valence-electron chi connectivity index (χ1n) is 5.75. The molecule has 2 aliphatic rings. The number of aliphatic hydroxyl groups is 1. The van der Waals surface area contributed by atoms with Crippen molar-refractivity contribution in [2.45, 2.75) is 11.6 Å². The Balaban J connectivity index is 2.19. The van der Waals surface area contributed by atoms with Crippen LogP contribution in [-0.2, 0) is 15.2 Å². The first-order valence-corrected chi connectivity index (χ1v) is 5.75. The number of rotatable bonds is 1. The molecule has 1 aromatic rings. The van der Waals surface area contributed by atoms with E-state index in [0.29, 0.717) is 11.3 Å². The molecular formula is C12H13N4O3+. The minimum atomic E-state index is -1.95. The summed E-state index contributed by atoms with van der Waals surface area (Å²) in [5.41, 5.74) is 4.55. The molecule has 7 heteroatoms. The number of para-hydroxylation sites is 1. The zero-order valence-corrected chi connectivity index (χ0v) is 10.2. The smallest absolute Gasteiger partial charge is 0.351 e. The molecule has 19 heavy (non-hydrogen) atoms. The Labute approximate surface area is 108 Å². The van der Waals surface area contributed by atoms with Crippen molar-refractivity contribution in [3.8, 4) is 0 Å². The molecule has 0 radical (unpaired) electrons. The van der Waals surface area contributed by atoms with Gasteiger partial charge in [-0.2, -0.15) is 0 Å². The molecule has 98 valence electrons. The van der Waals surface area contributed by atoms with Gasteiger partial charge < -0.3 is 10.4 Å². The second kappa shape index (κ2) is 3.55. The summed E-state index contributed by atoms with van der Waals surface area (Å²) in [6, 6.07) is 5.64. The Bertz CT molecular complexity index is 640. The molecule has 0 bridgehead atoms. The first-order chi connectivity index (χ1) is 8.96. The van der Waals surface area contributed by atoms with Gasteiger partial charge in [0, 0.05) is 11.3 Å². The quantitative estimate of drug-likeness (QED) is 0.451. The molecule has 2 heterocycles. The van der Waals surface area contributed by atoms with Crippen LogP contribution in [0.5, 0.6) is 0 Å². The van der Waals surface area contributed by atoms with Gasteiger partial charge in [-0.15, -0.1) is 0 Å². The summed E-state index contributed by atoms with van der Waals surface area (Å²) in [5, 5.41) is 15.8. The van der Waals surface area contributed by atoms with Gasteiger partial charge in [0.25, 0.3) is 5.91 Å². The highest BCUT2D eigenvalue weighted by atomic mass is 16.3. The fraction of sp³-hybridized carbons (Fsp3) is 0.250. The second-order valence-corrected chi connectivity index (χ2v) is 4.65. The Kier molecular flexibility index (Phi) is 2.18. The monoisotopic (exact) mass is 261 g/mol. The number of hydrogen-bond acceptors (Lipinski definition) is 4. The summed E-state index contributed by atoms with van der Waals surface area (Å²) >= 11 is 0. The molecular weight excluding hydrogens is 248 g/mol. The standard InChI is InChI=1S/C12H12N4O3/c1-16-8(9(17)15-11(16)13)12(19)6-4-2-3-5-7(6)14-10(12)18/h2-5,8,19H,1H3,(H3,13,14,15,17,18)/p+1. The minimum Gasteiger partial charge on any atom is -0.372 e. The van der Waals surface area contributed by atoms with Gasteiger partial charge in [-0.1, -0.05) is 18.2 Å². The van der Waals surface area contributed by atoms with E-state index in [2.05, 4.69) is 10.6 Å². The van der Waals surface area contributed by atoms with Crippen LogP contribution < -0.4 is 16.4 Å². The molecule has 2 amide bonds. The number of nitrogens with one attached hydrogen (secondary N) is 2. The van der Waals surface area contributed by atoms with E-state index in [9.17, 15) is 14.7 Å². The largest absolute Gasteiger partial charge is 0.372 e. The zero-order chi connectivity index (χ0) is 13.8. The maximum Gasteiger partial charge on any atom is 0.351 e. The second-order valence-electron chi connectivity index (χ2n) is 4.65. The SMILES string of the molecule is C[N+]1=C(N)NC(=O)C1C1(O)C(=O)Nc2ccccc21. The maximum atomic E-state index is 12.1. The van der Waals surface area contributed by atoms with Crippen molar-refractivity contribution in [2.24, 2.45) is 5.73 Å². The highest BCUT2D eigenvalue weighted by Gasteiger charge is 2.59. The van der Waals surface area contributed by atoms with Crippen molar-refractivity contribution in [3.05, 3.63) is 29.8 Å². The molecule has 0 aromatic heterocycles. The molecule has 1 aromatic carbocycles. The number of likely N-dealkylation sites (N-methyl/N-ethyl adjacent to an activating group) is 1. The maximum absolute atomic E-state index is 12.1. The van der Waals surface area contributed by atoms with Crippen LogP contribution in [0.1, 0.15) is 5.56 Å². The fourth-order valence-electron chi connectivity index (χ4n) is 2.60. The number of benzene rings is 1. The number of nitrogens with zero attached hydrogens (tertiary/aromatic N) is 1. The number of hydrogen-bond donors (Lipinski definition) is 4. The van der Waals surface area contributed by atoms with Crippen LogP contribution in [-0.4, -0.2) is 40.5 Å². The van der Waals surface area contributed by atoms with Gasteiger partial charge in [0.05, 0.1) is 7.05 Å². The topological polar surface area (TPSA) is 107 Å². The molecule has 2 unspecified atom stereocenters. The Morgan fingerprint density at radius 1 is 1.32 bits per heavy atom. The van der Waals surface area contributed by atoms with Gasteiger partial charge in [0.2, 0.25) is 11.6 Å². The van der Waals surface area contributed by atoms with Crippen LogP contribution in [0.15, 0.2) is 24.3 Å². The van der Waals surface area contributed by atoms with Gasteiger partial charge in [0.1, 0.15) is 0 Å². The van der Waals surface area contributed by atoms with Crippen molar-refractivity contribution in [1.82, 2.24) is 5.32 Å². The average Bonchev–Trinajstić information content (AvgIpc) is 2.77. The van der Waals surface area contributed by atoms with Crippen molar-refractivity contribution >= 4 is 23.5 Å². The summed E-state index contributed by atoms with van der Waals surface area (Å²) in [7, 11) is 1.55. The lowest BCUT2D eigenvalue weighted by molar-refractivity contribution is -0.537. The molecule has 2 aliphatic heterocycles. The summed E-state index contributed by atoms with van der Waals surface area (Å²) in [6.45, 7) is 0. The van der Waals surface area contributed by atoms with Crippen LogP contribution >= 0.6 is 0 Å². The molecule has 3 rings (SSSR count). The van der Waals surface area contributed by atoms with E-state index in [1.165, 1.54) is 4.58 Å². The average molecular weight is 261 g/mol. The van der Waals surface area contributed by atoms with Crippen molar-refractivity contribution < 1.29 is 19.3 Å². The van der Waals surface area contributed by atoms with Crippen LogP contribution in [0.4, 0.5) is 5.69 Å². The molecule has 0 spiro atoms. The van der Waals surface area contributed by atoms with Crippen molar-refractivity contribution in [2.75, 3.05) is 12.4 Å². The normalized spacial score (nSPS) is 29.3. The van der Waals surface area contributed by atoms with E-state index in [-0.39, 0.29) is 5.96 Å². The number of fused-ring (bicyclic) bond motifs is 1. The predicted octanol–water partition coefficient (Wildman–Crippen LogP) is -1.72. The van der Waals surface area contributed by atoms with Crippen LogP contribution in [0.3, 0.4) is 0 Å². The number of carbonyl (C=O) groups excluding carboxylic acids is 2. The van der Waals surface area contributed by atoms with E-state index in [1.54, 1.807) is 31.3 Å². The van der Waals surface area contributed by atoms with Gasteiger partial charge >= 0.3 is 11.9 Å². The lowest BCUT2D eigenvalue weighted by atomic mass is 9.87. The number of anilines is 1. The third-order valence-electron chi connectivity index (χ3n) is 3.59. The summed E-state index contributed by atoms with van der Waals surface area (Å²) in [6.07, 6.45) is 0. The highest BCUT2D eigenvalue weighted by Crippen LogP contribution is 2.39. The summed E-state index contributed by atoms with van der Waals surface area (Å²) < 4.78 is 1.37. The molecule has 0 saturated heterocycles.